The standard InChI is InChI=1S/C24H19NO3/c26-16-4-1-14(2-5-16)24(21-8-3-15-11-17(27)6-9-19(15)21)22-13-25-23-12-18(28)7-10-20(22)23/h1-2,4-13,24-28H,3H2. The van der Waals surface area contributed by atoms with E-state index in [9.17, 15) is 15.3 Å². The number of fused-ring (bicyclic) bond motifs is 2. The lowest BCUT2D eigenvalue weighted by Crippen LogP contribution is -2.03. The fourth-order valence-electron chi connectivity index (χ4n) is 4.20. The van der Waals surface area contributed by atoms with Crippen LogP contribution < -0.4 is 0 Å². The van der Waals surface area contributed by atoms with Gasteiger partial charge in [-0.15, -0.1) is 0 Å². The van der Waals surface area contributed by atoms with Gasteiger partial charge < -0.3 is 20.3 Å². The lowest BCUT2D eigenvalue weighted by molar-refractivity contribution is 0.474. The summed E-state index contributed by atoms with van der Waals surface area (Å²) in [7, 11) is 0. The van der Waals surface area contributed by atoms with Gasteiger partial charge in [0.15, 0.2) is 0 Å². The van der Waals surface area contributed by atoms with E-state index in [4.69, 9.17) is 0 Å². The maximum Gasteiger partial charge on any atom is 0.117 e. The van der Waals surface area contributed by atoms with Crippen molar-refractivity contribution in [3.63, 3.8) is 0 Å². The lowest BCUT2D eigenvalue weighted by Gasteiger charge is -2.21. The second-order valence-corrected chi connectivity index (χ2v) is 7.20. The molecular formula is C24H19NO3. The van der Waals surface area contributed by atoms with Gasteiger partial charge in [0.2, 0.25) is 0 Å². The molecule has 4 N–H and O–H groups in total. The Kier molecular flexibility index (Phi) is 3.66. The van der Waals surface area contributed by atoms with Crippen molar-refractivity contribution in [2.75, 3.05) is 0 Å². The molecule has 1 aromatic heterocycles. The Labute approximate surface area is 162 Å². The van der Waals surface area contributed by atoms with E-state index in [1.165, 1.54) is 5.57 Å². The molecule has 0 spiro atoms. The minimum absolute atomic E-state index is 0.0373. The fraction of sp³-hybridized carbons (Fsp3) is 0.0833. The summed E-state index contributed by atoms with van der Waals surface area (Å²) in [6.07, 6.45) is 4.97. The smallest absolute Gasteiger partial charge is 0.117 e. The van der Waals surface area contributed by atoms with Crippen LogP contribution in [0.25, 0.3) is 16.5 Å². The summed E-state index contributed by atoms with van der Waals surface area (Å²) in [5, 5.41) is 30.4. The van der Waals surface area contributed by atoms with E-state index in [2.05, 4.69) is 11.1 Å². The van der Waals surface area contributed by atoms with Gasteiger partial charge in [0.1, 0.15) is 17.2 Å². The second-order valence-electron chi connectivity index (χ2n) is 7.20. The molecule has 4 heteroatoms. The van der Waals surface area contributed by atoms with Crippen molar-refractivity contribution in [3.8, 4) is 17.2 Å². The minimum atomic E-state index is -0.0373. The largest absolute Gasteiger partial charge is 0.508 e. The first-order chi connectivity index (χ1) is 13.6. The Morgan fingerprint density at radius 3 is 2.32 bits per heavy atom. The van der Waals surface area contributed by atoms with Crippen LogP contribution in [0.2, 0.25) is 0 Å². The van der Waals surface area contributed by atoms with Crippen LogP contribution in [0.4, 0.5) is 0 Å². The first-order valence-corrected chi connectivity index (χ1v) is 9.21. The molecule has 0 saturated heterocycles. The van der Waals surface area contributed by atoms with Crippen LogP contribution in [-0.2, 0) is 6.42 Å². The molecule has 0 fully saturated rings. The lowest BCUT2D eigenvalue weighted by atomic mass is 9.82. The maximum atomic E-state index is 9.84. The van der Waals surface area contributed by atoms with Gasteiger partial charge in [0, 0.05) is 29.1 Å². The minimum Gasteiger partial charge on any atom is -0.508 e. The number of allylic oxidation sites excluding steroid dienone is 2. The highest BCUT2D eigenvalue weighted by molar-refractivity contribution is 5.90. The summed E-state index contributed by atoms with van der Waals surface area (Å²) in [6.45, 7) is 0. The number of rotatable bonds is 3. The van der Waals surface area contributed by atoms with Crippen molar-refractivity contribution in [2.24, 2.45) is 0 Å². The van der Waals surface area contributed by atoms with Crippen LogP contribution in [0.3, 0.4) is 0 Å². The highest BCUT2D eigenvalue weighted by Crippen LogP contribution is 2.45. The van der Waals surface area contributed by atoms with E-state index in [0.717, 1.165) is 39.6 Å². The van der Waals surface area contributed by atoms with Crippen LogP contribution in [-0.4, -0.2) is 20.3 Å². The highest BCUT2D eigenvalue weighted by Gasteiger charge is 2.27. The maximum absolute atomic E-state index is 9.84. The van der Waals surface area contributed by atoms with Crippen molar-refractivity contribution >= 4 is 16.5 Å². The van der Waals surface area contributed by atoms with Gasteiger partial charge in [-0.2, -0.15) is 0 Å². The molecule has 1 unspecified atom stereocenters. The number of aromatic hydroxyl groups is 3. The molecule has 0 bridgehead atoms. The van der Waals surface area contributed by atoms with Crippen LogP contribution in [0.5, 0.6) is 17.2 Å². The number of aromatic nitrogens is 1. The summed E-state index contributed by atoms with van der Waals surface area (Å²) >= 11 is 0. The van der Waals surface area contributed by atoms with Crippen molar-refractivity contribution in [2.45, 2.75) is 12.3 Å². The van der Waals surface area contributed by atoms with Crippen molar-refractivity contribution in [3.05, 3.63) is 95.2 Å². The summed E-state index contributed by atoms with van der Waals surface area (Å²) in [4.78, 5) is 3.27. The fourth-order valence-corrected chi connectivity index (χ4v) is 4.20. The molecule has 5 rings (SSSR count). The van der Waals surface area contributed by atoms with Crippen LogP contribution in [0.15, 0.2) is 72.9 Å². The molecule has 1 aliphatic rings. The zero-order valence-electron chi connectivity index (χ0n) is 15.1. The Balaban J connectivity index is 1.72. The van der Waals surface area contributed by atoms with Gasteiger partial charge in [-0.05, 0) is 70.6 Å². The Bertz CT molecular complexity index is 1220. The van der Waals surface area contributed by atoms with Gasteiger partial charge in [-0.3, -0.25) is 0 Å². The van der Waals surface area contributed by atoms with Gasteiger partial charge >= 0.3 is 0 Å². The topological polar surface area (TPSA) is 76.5 Å². The van der Waals surface area contributed by atoms with Gasteiger partial charge in [-0.25, -0.2) is 0 Å². The number of H-pyrrole nitrogens is 1. The molecule has 1 aliphatic carbocycles. The predicted octanol–water partition coefficient (Wildman–Crippen LogP) is 5.06. The van der Waals surface area contributed by atoms with E-state index in [-0.39, 0.29) is 23.2 Å². The molecule has 28 heavy (non-hydrogen) atoms. The van der Waals surface area contributed by atoms with Crippen molar-refractivity contribution in [1.29, 1.82) is 0 Å². The Hall–Kier alpha value is -3.66. The van der Waals surface area contributed by atoms with Crippen LogP contribution in [0, 0.1) is 0 Å². The van der Waals surface area contributed by atoms with Crippen molar-refractivity contribution < 1.29 is 15.3 Å². The van der Waals surface area contributed by atoms with E-state index in [0.29, 0.717) is 0 Å². The van der Waals surface area contributed by atoms with Crippen LogP contribution >= 0.6 is 0 Å². The van der Waals surface area contributed by atoms with Gasteiger partial charge in [0.25, 0.3) is 0 Å². The summed E-state index contributed by atoms with van der Waals surface area (Å²) in [5.74, 6) is 0.696. The number of phenols is 3. The van der Waals surface area contributed by atoms with Gasteiger partial charge in [-0.1, -0.05) is 24.3 Å². The average molecular weight is 369 g/mol. The zero-order valence-corrected chi connectivity index (χ0v) is 15.1. The first-order valence-electron chi connectivity index (χ1n) is 9.21. The third-order valence-electron chi connectivity index (χ3n) is 5.49. The number of hydrogen-bond acceptors (Lipinski definition) is 3. The molecule has 0 radical (unpaired) electrons. The van der Waals surface area contributed by atoms with E-state index in [1.54, 1.807) is 30.3 Å². The number of benzene rings is 3. The normalized spacial score (nSPS) is 14.1. The van der Waals surface area contributed by atoms with E-state index in [1.807, 2.05) is 36.5 Å². The molecule has 0 aliphatic heterocycles. The monoisotopic (exact) mass is 369 g/mol. The van der Waals surface area contributed by atoms with E-state index >= 15 is 0 Å². The third kappa shape index (κ3) is 2.62. The SMILES string of the molecule is Oc1ccc(C(C2=CCc3cc(O)ccc32)c2c[nH]c3cc(O)ccc23)cc1. The average Bonchev–Trinajstić information content (AvgIpc) is 3.28. The molecule has 3 aromatic carbocycles. The zero-order chi connectivity index (χ0) is 19.3. The quantitative estimate of drug-likeness (QED) is 0.408. The second kappa shape index (κ2) is 6.20. The summed E-state index contributed by atoms with van der Waals surface area (Å²) in [6, 6.07) is 18.2. The third-order valence-corrected chi connectivity index (χ3v) is 5.49. The summed E-state index contributed by atoms with van der Waals surface area (Å²) in [5.41, 5.74) is 6.46. The highest BCUT2D eigenvalue weighted by atomic mass is 16.3. The number of aromatic amines is 1. The summed E-state index contributed by atoms with van der Waals surface area (Å²) < 4.78 is 0. The Morgan fingerprint density at radius 2 is 1.50 bits per heavy atom. The molecule has 4 aromatic rings. The van der Waals surface area contributed by atoms with Crippen molar-refractivity contribution in [1.82, 2.24) is 4.98 Å². The number of hydrogen-bond donors (Lipinski definition) is 4. The molecule has 138 valence electrons. The molecule has 4 nitrogen and oxygen atoms in total. The molecule has 0 amide bonds. The van der Waals surface area contributed by atoms with Gasteiger partial charge in [0.05, 0.1) is 0 Å². The Morgan fingerprint density at radius 1 is 0.786 bits per heavy atom. The molecular weight excluding hydrogens is 350 g/mol. The molecule has 1 heterocycles. The van der Waals surface area contributed by atoms with Crippen LogP contribution in [0.1, 0.15) is 28.2 Å². The molecule has 1 atom stereocenters. The predicted molar refractivity (Wildman–Crippen MR) is 110 cm³/mol. The number of phenolic OH excluding ortho intramolecular Hbond substituents is 3. The number of nitrogens with one attached hydrogen (secondary N) is 1. The first kappa shape index (κ1) is 16.5. The molecule has 0 saturated carbocycles. The van der Waals surface area contributed by atoms with E-state index < -0.39 is 0 Å².